The van der Waals surface area contributed by atoms with Gasteiger partial charge in [0.2, 0.25) is 0 Å². The van der Waals surface area contributed by atoms with Gasteiger partial charge in [0.15, 0.2) is 0 Å². The zero-order valence-corrected chi connectivity index (χ0v) is 11.9. The lowest BCUT2D eigenvalue weighted by atomic mass is 9.90. The fourth-order valence-corrected chi connectivity index (χ4v) is 2.65. The van der Waals surface area contributed by atoms with Gasteiger partial charge in [0, 0.05) is 24.8 Å². The van der Waals surface area contributed by atoms with Gasteiger partial charge in [-0.15, -0.1) is 0 Å². The van der Waals surface area contributed by atoms with Crippen LogP contribution in [0.3, 0.4) is 0 Å². The molecule has 4 heteroatoms. The minimum absolute atomic E-state index is 0.0900. The van der Waals surface area contributed by atoms with Gasteiger partial charge in [-0.05, 0) is 50.3 Å². The third-order valence-electron chi connectivity index (χ3n) is 3.99. The van der Waals surface area contributed by atoms with Crippen LogP contribution in [0.4, 0.5) is 0 Å². The summed E-state index contributed by atoms with van der Waals surface area (Å²) < 4.78 is 0. The highest BCUT2D eigenvalue weighted by atomic mass is 16.3. The zero-order valence-electron chi connectivity index (χ0n) is 11.9. The molecule has 0 spiro atoms. The molecule has 1 aliphatic carbocycles. The topological polar surface area (TPSA) is 66.6 Å². The van der Waals surface area contributed by atoms with E-state index >= 15 is 0 Å². The van der Waals surface area contributed by atoms with Gasteiger partial charge in [0.25, 0.3) is 5.91 Å². The van der Waals surface area contributed by atoms with Gasteiger partial charge in [-0.1, -0.05) is 18.2 Å². The van der Waals surface area contributed by atoms with E-state index in [1.807, 2.05) is 29.2 Å². The Morgan fingerprint density at radius 3 is 2.70 bits per heavy atom. The summed E-state index contributed by atoms with van der Waals surface area (Å²) >= 11 is 0. The Balaban J connectivity index is 2.17. The molecule has 1 aliphatic rings. The van der Waals surface area contributed by atoms with Crippen molar-refractivity contribution in [1.82, 2.24) is 4.90 Å². The van der Waals surface area contributed by atoms with E-state index in [0.717, 1.165) is 30.4 Å². The molecular weight excluding hydrogens is 252 g/mol. The predicted molar refractivity (Wildman–Crippen MR) is 79.6 cm³/mol. The Bertz CT molecular complexity index is 444. The second-order valence-corrected chi connectivity index (χ2v) is 5.36. The molecule has 20 heavy (non-hydrogen) atoms. The summed E-state index contributed by atoms with van der Waals surface area (Å²) in [5.74, 6) is 0.0900. The largest absolute Gasteiger partial charge is 0.396 e. The molecule has 0 bridgehead atoms. The number of carbonyl (C=O) groups excluding carboxylic acids is 1. The van der Waals surface area contributed by atoms with Gasteiger partial charge in [-0.3, -0.25) is 4.79 Å². The van der Waals surface area contributed by atoms with Crippen molar-refractivity contribution < 1.29 is 9.90 Å². The molecule has 0 unspecified atom stereocenters. The summed E-state index contributed by atoms with van der Waals surface area (Å²) in [6, 6.07) is 8.06. The Hall–Kier alpha value is -1.39. The summed E-state index contributed by atoms with van der Waals surface area (Å²) in [5, 5.41) is 9.02. The molecule has 1 fully saturated rings. The van der Waals surface area contributed by atoms with E-state index in [0.29, 0.717) is 25.6 Å². The number of hydrogen-bond donors (Lipinski definition) is 2. The molecule has 3 N–H and O–H groups in total. The van der Waals surface area contributed by atoms with E-state index < -0.39 is 0 Å². The van der Waals surface area contributed by atoms with Crippen molar-refractivity contribution in [2.45, 2.75) is 38.1 Å². The summed E-state index contributed by atoms with van der Waals surface area (Å²) in [6.45, 7) is 1.31. The molecule has 1 saturated carbocycles. The Morgan fingerprint density at radius 2 is 2.10 bits per heavy atom. The molecule has 1 aromatic carbocycles. The zero-order chi connectivity index (χ0) is 14.4. The normalized spacial score (nSPS) is 14.9. The van der Waals surface area contributed by atoms with E-state index in [1.165, 1.54) is 6.42 Å². The molecule has 110 valence electrons. The van der Waals surface area contributed by atoms with Gasteiger partial charge in [0.05, 0.1) is 0 Å². The first-order valence-corrected chi connectivity index (χ1v) is 7.47. The van der Waals surface area contributed by atoms with Crippen molar-refractivity contribution in [2.24, 2.45) is 5.73 Å². The van der Waals surface area contributed by atoms with E-state index in [-0.39, 0.29) is 12.5 Å². The maximum atomic E-state index is 12.8. The molecule has 0 atom stereocenters. The molecule has 0 radical (unpaired) electrons. The summed E-state index contributed by atoms with van der Waals surface area (Å²) in [6.07, 6.45) is 4.71. The second-order valence-electron chi connectivity index (χ2n) is 5.36. The molecule has 2 rings (SSSR count). The first-order chi connectivity index (χ1) is 9.77. The molecule has 1 aromatic rings. The lowest BCUT2D eigenvalue weighted by Gasteiger charge is -2.38. The van der Waals surface area contributed by atoms with Gasteiger partial charge >= 0.3 is 0 Å². The number of amides is 1. The number of aliphatic hydroxyl groups is 1. The third-order valence-corrected chi connectivity index (χ3v) is 3.99. The van der Waals surface area contributed by atoms with Crippen LogP contribution in [0, 0.1) is 0 Å². The number of rotatable bonds is 7. The summed E-state index contributed by atoms with van der Waals surface area (Å²) in [7, 11) is 0. The lowest BCUT2D eigenvalue weighted by Crippen LogP contribution is -2.45. The van der Waals surface area contributed by atoms with E-state index in [4.69, 9.17) is 10.8 Å². The number of benzene rings is 1. The fourth-order valence-electron chi connectivity index (χ4n) is 2.65. The van der Waals surface area contributed by atoms with Crippen LogP contribution in [0.15, 0.2) is 24.3 Å². The summed E-state index contributed by atoms with van der Waals surface area (Å²) in [5.41, 5.74) is 7.41. The van der Waals surface area contributed by atoms with Crippen LogP contribution in [0.5, 0.6) is 0 Å². The van der Waals surface area contributed by atoms with Crippen molar-refractivity contribution in [1.29, 1.82) is 0 Å². The Kier molecular flexibility index (Phi) is 5.56. The van der Waals surface area contributed by atoms with E-state index in [1.54, 1.807) is 0 Å². The van der Waals surface area contributed by atoms with E-state index in [2.05, 4.69) is 0 Å². The van der Waals surface area contributed by atoms with Crippen LogP contribution in [-0.4, -0.2) is 41.7 Å². The van der Waals surface area contributed by atoms with Crippen LogP contribution in [-0.2, 0) is 6.42 Å². The van der Waals surface area contributed by atoms with Crippen molar-refractivity contribution in [3.05, 3.63) is 35.4 Å². The number of carbonyl (C=O) groups is 1. The quantitative estimate of drug-likeness (QED) is 0.794. The van der Waals surface area contributed by atoms with Gasteiger partial charge < -0.3 is 15.7 Å². The smallest absolute Gasteiger partial charge is 0.254 e. The SMILES string of the molecule is NCCc1ccccc1C(=O)N(CCCO)C1CCC1. The van der Waals surface area contributed by atoms with Crippen molar-refractivity contribution in [2.75, 3.05) is 19.7 Å². The summed E-state index contributed by atoms with van der Waals surface area (Å²) in [4.78, 5) is 14.7. The maximum Gasteiger partial charge on any atom is 0.254 e. The van der Waals surface area contributed by atoms with Crippen LogP contribution in [0.25, 0.3) is 0 Å². The standard InChI is InChI=1S/C16H24N2O2/c17-10-9-13-5-1-2-8-15(13)16(20)18(11-4-12-19)14-6-3-7-14/h1-2,5,8,14,19H,3-4,6-7,9-12,17H2. The van der Waals surface area contributed by atoms with E-state index in [9.17, 15) is 4.79 Å². The molecule has 0 saturated heterocycles. The average Bonchev–Trinajstić information content (AvgIpc) is 2.41. The van der Waals surface area contributed by atoms with Crippen molar-refractivity contribution in [3.63, 3.8) is 0 Å². The third kappa shape index (κ3) is 3.38. The highest BCUT2D eigenvalue weighted by Gasteiger charge is 2.29. The van der Waals surface area contributed by atoms with Gasteiger partial charge in [0.1, 0.15) is 0 Å². The minimum Gasteiger partial charge on any atom is -0.396 e. The van der Waals surface area contributed by atoms with Crippen LogP contribution in [0.2, 0.25) is 0 Å². The number of aliphatic hydroxyl groups excluding tert-OH is 1. The van der Waals surface area contributed by atoms with Gasteiger partial charge in [-0.25, -0.2) is 0 Å². The first kappa shape index (κ1) is 15.0. The number of nitrogens with zero attached hydrogens (tertiary/aromatic N) is 1. The van der Waals surface area contributed by atoms with Crippen molar-refractivity contribution in [3.8, 4) is 0 Å². The van der Waals surface area contributed by atoms with Crippen LogP contribution >= 0.6 is 0 Å². The molecule has 1 amide bonds. The minimum atomic E-state index is 0.0900. The van der Waals surface area contributed by atoms with Crippen LogP contribution in [0.1, 0.15) is 41.6 Å². The first-order valence-electron chi connectivity index (χ1n) is 7.47. The number of hydrogen-bond acceptors (Lipinski definition) is 3. The predicted octanol–water partition coefficient (Wildman–Crippen LogP) is 1.56. The Morgan fingerprint density at radius 1 is 1.35 bits per heavy atom. The second kappa shape index (κ2) is 7.41. The highest BCUT2D eigenvalue weighted by Crippen LogP contribution is 2.27. The average molecular weight is 276 g/mol. The van der Waals surface area contributed by atoms with Crippen LogP contribution < -0.4 is 5.73 Å². The molecule has 4 nitrogen and oxygen atoms in total. The Labute approximate surface area is 120 Å². The molecule has 0 aromatic heterocycles. The lowest BCUT2D eigenvalue weighted by molar-refractivity contribution is 0.0561. The fraction of sp³-hybridized carbons (Fsp3) is 0.562. The monoisotopic (exact) mass is 276 g/mol. The van der Waals surface area contributed by atoms with Gasteiger partial charge in [-0.2, -0.15) is 0 Å². The number of nitrogens with two attached hydrogens (primary N) is 1. The molecular formula is C16H24N2O2. The van der Waals surface area contributed by atoms with Crippen molar-refractivity contribution >= 4 is 5.91 Å². The molecule has 0 aliphatic heterocycles. The molecule has 0 heterocycles. The highest BCUT2D eigenvalue weighted by molar-refractivity contribution is 5.96. The maximum absolute atomic E-state index is 12.8.